The number of thiophene rings is 1. The van der Waals surface area contributed by atoms with Crippen LogP contribution in [0.1, 0.15) is 29.1 Å². The zero-order chi connectivity index (χ0) is 23.0. The number of aromatic nitrogens is 1. The average Bonchev–Trinajstić information content (AvgIpc) is 3.51. The van der Waals surface area contributed by atoms with E-state index in [2.05, 4.69) is 15.6 Å². The molecule has 1 unspecified atom stereocenters. The number of carbonyl (C=O) groups excluding carboxylic acids is 2. The quantitative estimate of drug-likeness (QED) is 0.388. The van der Waals surface area contributed by atoms with Gasteiger partial charge in [0.05, 0.1) is 4.88 Å². The van der Waals surface area contributed by atoms with Crippen molar-refractivity contribution in [3.8, 4) is 11.5 Å². The summed E-state index contributed by atoms with van der Waals surface area (Å²) in [6.45, 7) is 3.64. The highest BCUT2D eigenvalue weighted by molar-refractivity contribution is 7.12. The van der Waals surface area contributed by atoms with Crippen LogP contribution in [0.2, 0.25) is 0 Å². The number of aromatic amines is 1. The Balaban J connectivity index is 1.39. The van der Waals surface area contributed by atoms with Gasteiger partial charge in [0, 0.05) is 49.1 Å². The summed E-state index contributed by atoms with van der Waals surface area (Å²) in [5.74, 6) is -0.161. The van der Waals surface area contributed by atoms with Crippen molar-refractivity contribution < 1.29 is 19.1 Å². The summed E-state index contributed by atoms with van der Waals surface area (Å²) >= 11 is 1.33. The van der Waals surface area contributed by atoms with Crippen molar-refractivity contribution in [3.05, 3.63) is 76.6 Å². The highest BCUT2D eigenvalue weighted by Gasteiger charge is 2.32. The molecule has 0 saturated heterocycles. The van der Waals surface area contributed by atoms with E-state index in [4.69, 9.17) is 9.47 Å². The van der Waals surface area contributed by atoms with Crippen LogP contribution in [-0.4, -0.2) is 28.6 Å². The molecule has 1 aliphatic rings. The fourth-order valence-electron chi connectivity index (χ4n) is 3.90. The minimum Gasteiger partial charge on any atom is -0.449 e. The molecular formula is C25H23N3O4S. The predicted molar refractivity (Wildman–Crippen MR) is 128 cm³/mol. The third kappa shape index (κ3) is 4.42. The Labute approximate surface area is 194 Å². The van der Waals surface area contributed by atoms with Gasteiger partial charge in [-0.25, -0.2) is 0 Å². The molecule has 0 fully saturated rings. The van der Waals surface area contributed by atoms with Crippen molar-refractivity contribution in [2.45, 2.75) is 32.1 Å². The lowest BCUT2D eigenvalue weighted by atomic mass is 10.0. The molecule has 3 heterocycles. The Kier molecular flexibility index (Phi) is 5.30. The number of rotatable bonds is 6. The molecule has 2 amide bonds. The van der Waals surface area contributed by atoms with Crippen LogP contribution in [-0.2, 0) is 11.2 Å². The number of anilines is 1. The van der Waals surface area contributed by atoms with Crippen molar-refractivity contribution >= 4 is 39.7 Å². The number of amides is 2. The first kappa shape index (κ1) is 21.1. The number of benzene rings is 2. The molecule has 33 heavy (non-hydrogen) atoms. The molecule has 5 rings (SSSR count). The van der Waals surface area contributed by atoms with Gasteiger partial charge in [0.1, 0.15) is 6.04 Å². The van der Waals surface area contributed by atoms with Gasteiger partial charge in [-0.2, -0.15) is 0 Å². The molecule has 0 bridgehead atoms. The van der Waals surface area contributed by atoms with Gasteiger partial charge in [-0.05, 0) is 35.2 Å². The molecule has 8 heteroatoms. The Bertz CT molecular complexity index is 1330. The Hall–Kier alpha value is -3.78. The minimum absolute atomic E-state index is 0.280. The van der Waals surface area contributed by atoms with Gasteiger partial charge in [-0.1, -0.05) is 24.3 Å². The summed E-state index contributed by atoms with van der Waals surface area (Å²) in [5.41, 5.74) is 2.49. The second kappa shape index (κ2) is 8.29. The monoisotopic (exact) mass is 461 g/mol. The fourth-order valence-corrected chi connectivity index (χ4v) is 4.52. The van der Waals surface area contributed by atoms with Gasteiger partial charge in [0.25, 0.3) is 5.91 Å². The highest BCUT2D eigenvalue weighted by atomic mass is 32.1. The van der Waals surface area contributed by atoms with Gasteiger partial charge in [-0.15, -0.1) is 11.3 Å². The summed E-state index contributed by atoms with van der Waals surface area (Å²) in [6, 6.07) is 15.9. The van der Waals surface area contributed by atoms with Crippen LogP contribution in [0, 0.1) is 0 Å². The molecule has 168 valence electrons. The molecular weight excluding hydrogens is 438 g/mol. The smallest absolute Gasteiger partial charge is 0.262 e. The van der Waals surface area contributed by atoms with Crippen molar-refractivity contribution in [2.75, 3.05) is 5.32 Å². The van der Waals surface area contributed by atoms with E-state index in [1.165, 1.54) is 11.3 Å². The second-order valence-corrected chi connectivity index (χ2v) is 9.27. The van der Waals surface area contributed by atoms with Crippen LogP contribution >= 0.6 is 11.3 Å². The van der Waals surface area contributed by atoms with Gasteiger partial charge in [0.2, 0.25) is 11.7 Å². The van der Waals surface area contributed by atoms with E-state index in [9.17, 15) is 9.59 Å². The van der Waals surface area contributed by atoms with E-state index in [1.807, 2.05) is 55.8 Å². The van der Waals surface area contributed by atoms with E-state index in [1.54, 1.807) is 24.3 Å². The third-order valence-electron chi connectivity index (χ3n) is 5.39. The largest absolute Gasteiger partial charge is 0.449 e. The van der Waals surface area contributed by atoms with Crippen LogP contribution < -0.4 is 20.1 Å². The lowest BCUT2D eigenvalue weighted by Gasteiger charge is -2.18. The number of nitrogens with one attached hydrogen (secondary N) is 3. The standard InChI is InChI=1S/C25H23N3O4S/c1-25(2)31-20-10-9-16(13-21(20)32-25)27-23(29)19(28-24(30)22-8-5-11-33-22)12-15-14-26-18-7-4-3-6-17(15)18/h3-11,13-14,19,26H,12H2,1-2H3,(H,27,29)(H,28,30). The molecule has 0 spiro atoms. The van der Waals surface area contributed by atoms with Crippen LogP contribution in [0.25, 0.3) is 10.9 Å². The molecule has 3 N–H and O–H groups in total. The lowest BCUT2D eigenvalue weighted by Crippen LogP contribution is -2.45. The minimum atomic E-state index is -0.777. The zero-order valence-electron chi connectivity index (χ0n) is 18.2. The fraction of sp³-hybridized carbons (Fsp3) is 0.200. The maximum atomic E-state index is 13.3. The van der Waals surface area contributed by atoms with E-state index in [-0.39, 0.29) is 11.8 Å². The molecule has 0 saturated carbocycles. The number of hydrogen-bond acceptors (Lipinski definition) is 5. The summed E-state index contributed by atoms with van der Waals surface area (Å²) < 4.78 is 11.5. The van der Waals surface area contributed by atoms with E-state index in [0.717, 1.165) is 16.5 Å². The first-order valence-corrected chi connectivity index (χ1v) is 11.5. The van der Waals surface area contributed by atoms with Crippen LogP contribution in [0.15, 0.2) is 66.2 Å². The lowest BCUT2D eigenvalue weighted by molar-refractivity contribution is -0.118. The van der Waals surface area contributed by atoms with Crippen LogP contribution in [0.5, 0.6) is 11.5 Å². The molecule has 4 aromatic rings. The molecule has 0 radical (unpaired) electrons. The van der Waals surface area contributed by atoms with Crippen molar-refractivity contribution in [1.82, 2.24) is 10.3 Å². The van der Waals surface area contributed by atoms with Gasteiger partial charge < -0.3 is 25.1 Å². The van der Waals surface area contributed by atoms with Gasteiger partial charge in [0.15, 0.2) is 11.5 Å². The third-order valence-corrected chi connectivity index (χ3v) is 6.26. The average molecular weight is 462 g/mol. The normalized spacial score (nSPS) is 14.7. The first-order chi connectivity index (χ1) is 15.9. The number of carbonyl (C=O) groups is 2. The van der Waals surface area contributed by atoms with Crippen molar-refractivity contribution in [2.24, 2.45) is 0 Å². The molecule has 0 aliphatic carbocycles. The SMILES string of the molecule is CC1(C)Oc2ccc(NC(=O)C(Cc3c[nH]c4ccccc34)NC(=O)c3cccs3)cc2O1. The molecule has 2 aromatic carbocycles. The van der Waals surface area contributed by atoms with Crippen LogP contribution in [0.4, 0.5) is 5.69 Å². The number of H-pyrrole nitrogens is 1. The van der Waals surface area contributed by atoms with Crippen molar-refractivity contribution in [1.29, 1.82) is 0 Å². The van der Waals surface area contributed by atoms with Crippen molar-refractivity contribution in [3.63, 3.8) is 0 Å². The second-order valence-electron chi connectivity index (χ2n) is 8.32. The number of ether oxygens (including phenoxy) is 2. The Morgan fingerprint density at radius 2 is 1.88 bits per heavy atom. The molecule has 1 aliphatic heterocycles. The number of fused-ring (bicyclic) bond motifs is 2. The highest BCUT2D eigenvalue weighted by Crippen LogP contribution is 2.40. The topological polar surface area (TPSA) is 92.5 Å². The van der Waals surface area contributed by atoms with E-state index in [0.29, 0.717) is 28.5 Å². The maximum Gasteiger partial charge on any atom is 0.262 e. The van der Waals surface area contributed by atoms with Gasteiger partial charge in [-0.3, -0.25) is 9.59 Å². The molecule has 2 aromatic heterocycles. The summed E-state index contributed by atoms with van der Waals surface area (Å²) in [4.78, 5) is 29.8. The predicted octanol–water partition coefficient (Wildman–Crippen LogP) is 4.72. The maximum absolute atomic E-state index is 13.3. The molecule has 1 atom stereocenters. The number of hydrogen-bond donors (Lipinski definition) is 3. The summed E-state index contributed by atoms with van der Waals surface area (Å²) in [5, 5.41) is 8.66. The zero-order valence-corrected chi connectivity index (χ0v) is 19.0. The number of para-hydroxylation sites is 1. The van der Waals surface area contributed by atoms with Gasteiger partial charge >= 0.3 is 0 Å². The Morgan fingerprint density at radius 1 is 1.06 bits per heavy atom. The summed E-state index contributed by atoms with van der Waals surface area (Å²) in [6.07, 6.45) is 2.22. The van der Waals surface area contributed by atoms with E-state index >= 15 is 0 Å². The molecule has 7 nitrogen and oxygen atoms in total. The van der Waals surface area contributed by atoms with E-state index < -0.39 is 11.8 Å². The summed E-state index contributed by atoms with van der Waals surface area (Å²) in [7, 11) is 0. The Morgan fingerprint density at radius 3 is 2.70 bits per heavy atom. The van der Waals surface area contributed by atoms with Crippen LogP contribution in [0.3, 0.4) is 0 Å². The first-order valence-electron chi connectivity index (χ1n) is 10.6.